The summed E-state index contributed by atoms with van der Waals surface area (Å²) in [4.78, 5) is 26.3. The Balaban J connectivity index is 1.40. The smallest absolute Gasteiger partial charge is 0.338 e. The summed E-state index contributed by atoms with van der Waals surface area (Å²) in [6.07, 6.45) is 5.18. The normalized spacial score (nSPS) is 25.3. The third kappa shape index (κ3) is 3.00. The Kier molecular flexibility index (Phi) is 4.54. The second-order valence-electron chi connectivity index (χ2n) is 8.48. The van der Waals surface area contributed by atoms with Crippen molar-refractivity contribution in [2.45, 2.75) is 37.4 Å². The van der Waals surface area contributed by atoms with Gasteiger partial charge in [-0.05, 0) is 43.7 Å². The number of Topliss-reactive ketones (excluding diaryl/α,β-unsaturated/α-hetero) is 1. The zero-order valence-electron chi connectivity index (χ0n) is 17.9. The first-order valence-electron chi connectivity index (χ1n) is 10.5. The molecular formula is C25H25NO5. The van der Waals surface area contributed by atoms with Crippen LogP contribution in [0.3, 0.4) is 0 Å². The van der Waals surface area contributed by atoms with Gasteiger partial charge in [-0.3, -0.25) is 4.79 Å². The van der Waals surface area contributed by atoms with E-state index in [2.05, 4.69) is 24.1 Å². The average Bonchev–Trinajstić information content (AvgIpc) is 3.12. The van der Waals surface area contributed by atoms with Crippen molar-refractivity contribution in [2.24, 2.45) is 0 Å². The Morgan fingerprint density at radius 2 is 1.87 bits per heavy atom. The minimum absolute atomic E-state index is 0.0358. The van der Waals surface area contributed by atoms with Crippen LogP contribution < -0.4 is 14.4 Å². The van der Waals surface area contributed by atoms with Gasteiger partial charge in [0.2, 0.25) is 0 Å². The van der Waals surface area contributed by atoms with Gasteiger partial charge in [0.1, 0.15) is 12.2 Å². The molecule has 31 heavy (non-hydrogen) atoms. The fourth-order valence-corrected chi connectivity index (χ4v) is 5.00. The van der Waals surface area contributed by atoms with Crippen LogP contribution in [0.25, 0.3) is 0 Å². The number of hydrogen-bond donors (Lipinski definition) is 0. The number of ether oxygens (including phenoxy) is 3. The number of anilines is 1. The molecule has 1 spiro atoms. The van der Waals surface area contributed by atoms with Crippen molar-refractivity contribution >= 4 is 17.4 Å². The summed E-state index contributed by atoms with van der Waals surface area (Å²) in [5.41, 5.74) is 3.11. The lowest BCUT2D eigenvalue weighted by Crippen LogP contribution is -2.47. The van der Waals surface area contributed by atoms with Crippen LogP contribution in [0.1, 0.15) is 46.0 Å². The molecule has 0 saturated carbocycles. The summed E-state index contributed by atoms with van der Waals surface area (Å²) in [6, 6.07) is 10.6. The Labute approximate surface area is 181 Å². The molecule has 2 aromatic carbocycles. The van der Waals surface area contributed by atoms with E-state index in [9.17, 15) is 9.59 Å². The van der Waals surface area contributed by atoms with Crippen molar-refractivity contribution in [3.8, 4) is 11.5 Å². The molecule has 2 aliphatic heterocycles. The summed E-state index contributed by atoms with van der Waals surface area (Å²) in [5.74, 6) is 1.09. The lowest BCUT2D eigenvalue weighted by Gasteiger charge is -2.42. The fraction of sp³-hybridized carbons (Fsp3) is 0.360. The minimum Gasteiger partial charge on any atom is -0.493 e. The Morgan fingerprint density at radius 1 is 1.13 bits per heavy atom. The zero-order chi connectivity index (χ0) is 21.8. The molecule has 3 aliphatic rings. The number of hydrogen-bond acceptors (Lipinski definition) is 6. The summed E-state index contributed by atoms with van der Waals surface area (Å²) in [5, 5.41) is 0. The van der Waals surface area contributed by atoms with Gasteiger partial charge in [0.25, 0.3) is 0 Å². The first kappa shape index (κ1) is 19.7. The van der Waals surface area contributed by atoms with Crippen molar-refractivity contribution in [1.29, 1.82) is 0 Å². The van der Waals surface area contributed by atoms with E-state index < -0.39 is 5.97 Å². The highest BCUT2D eigenvalue weighted by Gasteiger charge is 2.54. The number of esters is 1. The van der Waals surface area contributed by atoms with Crippen LogP contribution in [0.5, 0.6) is 11.5 Å². The maximum atomic E-state index is 12.7. The van der Waals surface area contributed by atoms with Crippen molar-refractivity contribution in [3.63, 3.8) is 0 Å². The molecule has 0 fully saturated rings. The van der Waals surface area contributed by atoms with Gasteiger partial charge < -0.3 is 19.1 Å². The molecule has 5 rings (SSSR count). The summed E-state index contributed by atoms with van der Waals surface area (Å²) in [7, 11) is 3.75. The third-order valence-electron chi connectivity index (χ3n) is 6.73. The minimum atomic E-state index is -0.405. The van der Waals surface area contributed by atoms with Gasteiger partial charge in [0.05, 0.1) is 18.1 Å². The number of nitrogens with zero attached hydrogens (tertiary/aromatic N) is 1. The van der Waals surface area contributed by atoms with Crippen LogP contribution in [0.4, 0.5) is 5.69 Å². The lowest BCUT2D eigenvalue weighted by atomic mass is 9.67. The molecule has 3 atom stereocenters. The van der Waals surface area contributed by atoms with Crippen LogP contribution in [-0.2, 0) is 10.2 Å². The summed E-state index contributed by atoms with van der Waals surface area (Å²) in [6.45, 7) is 2.43. The molecule has 6 nitrogen and oxygen atoms in total. The van der Waals surface area contributed by atoms with Crippen LogP contribution >= 0.6 is 0 Å². The quantitative estimate of drug-likeness (QED) is 0.425. The van der Waals surface area contributed by atoms with Crippen LogP contribution in [-0.4, -0.2) is 44.7 Å². The number of methoxy groups -OCH3 is 1. The van der Waals surface area contributed by atoms with Crippen LogP contribution in [0.15, 0.2) is 48.6 Å². The summed E-state index contributed by atoms with van der Waals surface area (Å²) < 4.78 is 17.8. The first-order valence-corrected chi connectivity index (χ1v) is 10.5. The second-order valence-corrected chi connectivity index (χ2v) is 8.48. The van der Waals surface area contributed by atoms with E-state index in [1.807, 2.05) is 12.1 Å². The van der Waals surface area contributed by atoms with Gasteiger partial charge in [0.15, 0.2) is 17.3 Å². The molecule has 2 heterocycles. The fourth-order valence-electron chi connectivity index (χ4n) is 5.00. The van der Waals surface area contributed by atoms with E-state index in [0.717, 1.165) is 30.2 Å². The molecule has 2 aromatic rings. The standard InChI is InChI=1S/C25H25NO5/c1-15(27)16-4-6-17(7-5-16)24(28)30-18-10-11-25-12-13-26(2)19-8-9-20(29-3)23(22(19)25)31-21(25)14-18/h4-11,18,21H,12-14H2,1-3H3/t18-,21?,25-/m0/s1. The number of rotatable bonds is 4. The topological polar surface area (TPSA) is 65.1 Å². The number of ketones is 1. The van der Waals surface area contributed by atoms with E-state index in [1.165, 1.54) is 12.5 Å². The maximum Gasteiger partial charge on any atom is 0.338 e. The van der Waals surface area contributed by atoms with E-state index >= 15 is 0 Å². The molecular weight excluding hydrogens is 394 g/mol. The Bertz CT molecular complexity index is 1090. The average molecular weight is 419 g/mol. The van der Waals surface area contributed by atoms with E-state index in [1.54, 1.807) is 31.4 Å². The Hall–Kier alpha value is -3.28. The van der Waals surface area contributed by atoms with E-state index in [-0.39, 0.29) is 23.4 Å². The van der Waals surface area contributed by atoms with Crippen LogP contribution in [0, 0.1) is 0 Å². The van der Waals surface area contributed by atoms with Crippen molar-refractivity contribution in [3.05, 3.63) is 65.2 Å². The van der Waals surface area contributed by atoms with Crippen molar-refractivity contribution in [2.75, 3.05) is 25.6 Å². The van der Waals surface area contributed by atoms with Gasteiger partial charge in [-0.1, -0.05) is 18.2 Å². The SMILES string of the molecule is COc1ccc2c3c1OC1C[C@@H](OC(=O)c4ccc(C(C)=O)cc4)C=C[C@@]31CCN2C. The molecule has 6 heteroatoms. The molecule has 0 aromatic heterocycles. The molecule has 0 radical (unpaired) electrons. The van der Waals surface area contributed by atoms with Gasteiger partial charge in [-0.15, -0.1) is 0 Å². The van der Waals surface area contributed by atoms with Gasteiger partial charge in [-0.2, -0.15) is 0 Å². The predicted octanol–water partition coefficient (Wildman–Crippen LogP) is 3.92. The highest BCUT2D eigenvalue weighted by molar-refractivity contribution is 5.96. The molecule has 1 unspecified atom stereocenters. The summed E-state index contributed by atoms with van der Waals surface area (Å²) >= 11 is 0. The second kappa shape index (κ2) is 7.15. The molecule has 0 bridgehead atoms. The zero-order valence-corrected chi connectivity index (χ0v) is 17.9. The predicted molar refractivity (Wildman–Crippen MR) is 116 cm³/mol. The molecule has 0 saturated heterocycles. The molecule has 0 amide bonds. The van der Waals surface area contributed by atoms with Crippen LogP contribution in [0.2, 0.25) is 0 Å². The number of carbonyl (C=O) groups excluding carboxylic acids is 2. The third-order valence-corrected chi connectivity index (χ3v) is 6.73. The van der Waals surface area contributed by atoms with E-state index in [4.69, 9.17) is 14.2 Å². The Morgan fingerprint density at radius 3 is 2.58 bits per heavy atom. The highest BCUT2D eigenvalue weighted by atomic mass is 16.6. The largest absolute Gasteiger partial charge is 0.493 e. The van der Waals surface area contributed by atoms with Gasteiger partial charge in [-0.25, -0.2) is 4.79 Å². The van der Waals surface area contributed by atoms with Crippen molar-refractivity contribution < 1.29 is 23.8 Å². The number of carbonyl (C=O) groups is 2. The van der Waals surface area contributed by atoms with E-state index in [0.29, 0.717) is 17.5 Å². The first-order chi connectivity index (χ1) is 14.9. The highest BCUT2D eigenvalue weighted by Crippen LogP contribution is 2.58. The number of benzene rings is 2. The molecule has 0 N–H and O–H groups in total. The maximum absolute atomic E-state index is 12.7. The lowest BCUT2D eigenvalue weighted by molar-refractivity contribution is 0.0221. The molecule has 160 valence electrons. The molecule has 1 aliphatic carbocycles. The van der Waals surface area contributed by atoms with Gasteiger partial charge in [0, 0.05) is 36.8 Å². The van der Waals surface area contributed by atoms with Crippen molar-refractivity contribution in [1.82, 2.24) is 0 Å². The van der Waals surface area contributed by atoms with Gasteiger partial charge >= 0.3 is 5.97 Å². The monoisotopic (exact) mass is 419 g/mol.